The first-order valence-corrected chi connectivity index (χ1v) is 8.38. The molecule has 6 nitrogen and oxygen atoms in total. The number of hydrogen-bond donors (Lipinski definition) is 1. The molecule has 0 aliphatic carbocycles. The van der Waals surface area contributed by atoms with Crippen molar-refractivity contribution in [2.24, 2.45) is 0 Å². The van der Waals surface area contributed by atoms with E-state index in [2.05, 4.69) is 15.5 Å². The summed E-state index contributed by atoms with van der Waals surface area (Å²) in [6.45, 7) is 6.19. The monoisotopic (exact) mass is 338 g/mol. The minimum Gasteiger partial charge on any atom is -0.361 e. The third-order valence-electron chi connectivity index (χ3n) is 4.34. The van der Waals surface area contributed by atoms with Crippen LogP contribution in [0.3, 0.4) is 0 Å². The molecule has 2 aromatic heterocycles. The van der Waals surface area contributed by atoms with Crippen LogP contribution in [0.5, 0.6) is 0 Å². The Morgan fingerprint density at radius 3 is 2.84 bits per heavy atom. The van der Waals surface area contributed by atoms with Gasteiger partial charge in [0.25, 0.3) is 0 Å². The van der Waals surface area contributed by atoms with Gasteiger partial charge in [-0.1, -0.05) is 24.2 Å². The molecule has 6 heteroatoms. The molecule has 0 unspecified atom stereocenters. The summed E-state index contributed by atoms with van der Waals surface area (Å²) in [4.78, 5) is 16.7. The lowest BCUT2D eigenvalue weighted by molar-refractivity contribution is -0.122. The summed E-state index contributed by atoms with van der Waals surface area (Å²) in [6, 6.07) is 8.02. The van der Waals surface area contributed by atoms with E-state index >= 15 is 0 Å². The van der Waals surface area contributed by atoms with Gasteiger partial charge in [-0.25, -0.2) is 4.98 Å². The predicted octanol–water partition coefficient (Wildman–Crippen LogP) is 3.29. The number of amides is 1. The predicted molar refractivity (Wildman–Crippen MR) is 94.4 cm³/mol. The number of carbonyl (C=O) groups is 1. The smallest absolute Gasteiger partial charge is 0.228 e. The van der Waals surface area contributed by atoms with Crippen molar-refractivity contribution in [2.45, 2.75) is 39.7 Å². The van der Waals surface area contributed by atoms with Crippen LogP contribution in [0.25, 0.3) is 5.69 Å². The van der Waals surface area contributed by atoms with Crippen molar-refractivity contribution in [3.05, 3.63) is 65.6 Å². The summed E-state index contributed by atoms with van der Waals surface area (Å²) in [5.41, 5.74) is 3.73. The third kappa shape index (κ3) is 3.63. The van der Waals surface area contributed by atoms with Crippen LogP contribution in [0.1, 0.15) is 41.8 Å². The average Bonchev–Trinajstić information content (AvgIpc) is 3.26. The molecule has 2 heterocycles. The van der Waals surface area contributed by atoms with E-state index in [-0.39, 0.29) is 11.8 Å². The van der Waals surface area contributed by atoms with Gasteiger partial charge in [-0.2, -0.15) is 0 Å². The van der Waals surface area contributed by atoms with E-state index < -0.39 is 0 Å². The maximum absolute atomic E-state index is 12.7. The molecule has 0 aliphatic rings. The van der Waals surface area contributed by atoms with E-state index in [0.29, 0.717) is 18.7 Å². The third-order valence-corrected chi connectivity index (χ3v) is 4.34. The summed E-state index contributed by atoms with van der Waals surface area (Å²) in [7, 11) is 0. The quantitative estimate of drug-likeness (QED) is 0.748. The number of rotatable bonds is 6. The molecule has 0 aliphatic heterocycles. The van der Waals surface area contributed by atoms with E-state index in [1.54, 1.807) is 12.5 Å². The Kier molecular flexibility index (Phi) is 4.97. The maximum atomic E-state index is 12.7. The molecule has 3 aromatic rings. The molecule has 1 atom stereocenters. The van der Waals surface area contributed by atoms with Crippen LogP contribution in [0, 0.1) is 13.8 Å². The normalized spacial score (nSPS) is 12.1. The Labute approximate surface area is 146 Å². The lowest BCUT2D eigenvalue weighted by Gasteiger charge is -2.15. The Morgan fingerprint density at radius 1 is 1.36 bits per heavy atom. The topological polar surface area (TPSA) is 73.0 Å². The summed E-state index contributed by atoms with van der Waals surface area (Å²) in [5.74, 6) is 0.453. The van der Waals surface area contributed by atoms with Crippen LogP contribution >= 0.6 is 0 Å². The van der Waals surface area contributed by atoms with Crippen molar-refractivity contribution in [3.63, 3.8) is 0 Å². The fraction of sp³-hybridized carbons (Fsp3) is 0.316. The second-order valence-corrected chi connectivity index (χ2v) is 6.06. The lowest BCUT2D eigenvalue weighted by Crippen LogP contribution is -2.29. The molecular weight excluding hydrogens is 316 g/mol. The molecule has 3 rings (SSSR count). The lowest BCUT2D eigenvalue weighted by atomic mass is 9.94. The van der Waals surface area contributed by atoms with E-state index in [0.717, 1.165) is 22.5 Å². The molecule has 0 saturated carbocycles. The van der Waals surface area contributed by atoms with Gasteiger partial charge in [0.15, 0.2) is 0 Å². The molecule has 0 saturated heterocycles. The minimum atomic E-state index is -0.247. The van der Waals surface area contributed by atoms with Crippen molar-refractivity contribution in [1.82, 2.24) is 20.0 Å². The van der Waals surface area contributed by atoms with Crippen LogP contribution in [-0.4, -0.2) is 20.6 Å². The first-order valence-electron chi connectivity index (χ1n) is 8.38. The fourth-order valence-corrected chi connectivity index (χ4v) is 3.06. The zero-order valence-corrected chi connectivity index (χ0v) is 14.7. The molecule has 130 valence electrons. The van der Waals surface area contributed by atoms with Crippen LogP contribution in [0.4, 0.5) is 0 Å². The van der Waals surface area contributed by atoms with Gasteiger partial charge in [-0.3, -0.25) is 4.79 Å². The van der Waals surface area contributed by atoms with Gasteiger partial charge in [0.2, 0.25) is 5.91 Å². The molecule has 0 fully saturated rings. The van der Waals surface area contributed by atoms with Crippen LogP contribution in [-0.2, 0) is 11.3 Å². The van der Waals surface area contributed by atoms with E-state index in [9.17, 15) is 4.79 Å². The number of hydrogen-bond acceptors (Lipinski definition) is 4. The molecular formula is C19H22N4O2. The fourth-order valence-electron chi connectivity index (χ4n) is 3.06. The Balaban J connectivity index is 1.70. The second-order valence-electron chi connectivity index (χ2n) is 6.06. The van der Waals surface area contributed by atoms with Gasteiger partial charge in [0.1, 0.15) is 5.76 Å². The van der Waals surface area contributed by atoms with Crippen molar-refractivity contribution in [1.29, 1.82) is 0 Å². The van der Waals surface area contributed by atoms with Crippen LogP contribution in [0.2, 0.25) is 0 Å². The highest BCUT2D eigenvalue weighted by atomic mass is 16.5. The molecule has 0 spiro atoms. The number of nitrogens with zero attached hydrogens (tertiary/aromatic N) is 3. The first kappa shape index (κ1) is 17.0. The first-order chi connectivity index (χ1) is 12.1. The van der Waals surface area contributed by atoms with Crippen LogP contribution < -0.4 is 5.32 Å². The standard InChI is InChI=1S/C19H22N4O2/c1-4-17(18-13(2)22-25-14(18)3)19(24)21-11-15-6-5-7-16(10-15)23-9-8-20-12-23/h5-10,12,17H,4,11H2,1-3H3,(H,21,24)/t17-/m0/s1. The molecule has 0 bridgehead atoms. The Hall–Kier alpha value is -2.89. The number of benzene rings is 1. The van der Waals surface area contributed by atoms with Crippen molar-refractivity contribution < 1.29 is 9.32 Å². The summed E-state index contributed by atoms with van der Waals surface area (Å²) < 4.78 is 7.14. The molecule has 1 N–H and O–H groups in total. The van der Waals surface area contributed by atoms with Gasteiger partial charge in [-0.05, 0) is 38.0 Å². The van der Waals surface area contributed by atoms with E-state index in [1.165, 1.54) is 0 Å². The van der Waals surface area contributed by atoms with E-state index in [1.807, 2.05) is 55.8 Å². The molecule has 25 heavy (non-hydrogen) atoms. The SMILES string of the molecule is CC[C@H](C(=O)NCc1cccc(-n2ccnc2)c1)c1c(C)noc1C. The van der Waals surface area contributed by atoms with Gasteiger partial charge >= 0.3 is 0 Å². The molecule has 0 radical (unpaired) electrons. The zero-order chi connectivity index (χ0) is 17.8. The van der Waals surface area contributed by atoms with E-state index in [4.69, 9.17) is 4.52 Å². The number of imidazole rings is 1. The summed E-state index contributed by atoms with van der Waals surface area (Å²) in [5, 5.41) is 6.99. The highest BCUT2D eigenvalue weighted by molar-refractivity contribution is 5.84. The van der Waals surface area contributed by atoms with Gasteiger partial charge < -0.3 is 14.4 Å². The summed E-state index contributed by atoms with van der Waals surface area (Å²) >= 11 is 0. The zero-order valence-electron chi connectivity index (χ0n) is 14.7. The van der Waals surface area contributed by atoms with Gasteiger partial charge in [0, 0.05) is 30.2 Å². The number of aromatic nitrogens is 3. The van der Waals surface area contributed by atoms with Crippen LogP contribution in [0.15, 0.2) is 47.5 Å². The Bertz CT molecular complexity index is 833. The maximum Gasteiger partial charge on any atom is 0.228 e. The average molecular weight is 338 g/mol. The number of carbonyl (C=O) groups excluding carboxylic acids is 1. The summed E-state index contributed by atoms with van der Waals surface area (Å²) in [6.07, 6.45) is 6.08. The largest absolute Gasteiger partial charge is 0.361 e. The molecule has 1 aromatic carbocycles. The molecule has 1 amide bonds. The van der Waals surface area contributed by atoms with Gasteiger partial charge in [-0.15, -0.1) is 0 Å². The minimum absolute atomic E-state index is 0.00932. The van der Waals surface area contributed by atoms with Crippen molar-refractivity contribution in [3.8, 4) is 5.69 Å². The van der Waals surface area contributed by atoms with Crippen molar-refractivity contribution >= 4 is 5.91 Å². The number of aryl methyl sites for hydroxylation is 2. The second kappa shape index (κ2) is 7.34. The number of nitrogens with one attached hydrogen (secondary N) is 1. The Morgan fingerprint density at radius 2 is 2.20 bits per heavy atom. The highest BCUT2D eigenvalue weighted by Crippen LogP contribution is 2.26. The van der Waals surface area contributed by atoms with Crippen molar-refractivity contribution in [2.75, 3.05) is 0 Å². The highest BCUT2D eigenvalue weighted by Gasteiger charge is 2.25. The van der Waals surface area contributed by atoms with Gasteiger partial charge in [0.05, 0.1) is 17.9 Å².